The first-order valence-corrected chi connectivity index (χ1v) is 10.4. The molecule has 1 fully saturated rings. The number of ether oxygens (including phenoxy) is 2. The molecule has 1 aliphatic heterocycles. The fourth-order valence-corrected chi connectivity index (χ4v) is 4.11. The lowest BCUT2D eigenvalue weighted by molar-refractivity contribution is 0.0299. The van der Waals surface area contributed by atoms with E-state index in [1.54, 1.807) is 46.7 Å². The van der Waals surface area contributed by atoms with Crippen molar-refractivity contribution in [2.75, 3.05) is 26.3 Å². The van der Waals surface area contributed by atoms with Crippen molar-refractivity contribution >= 4 is 28.8 Å². The van der Waals surface area contributed by atoms with Crippen molar-refractivity contribution in [3.8, 4) is 16.3 Å². The quantitative estimate of drug-likeness (QED) is 0.588. The minimum absolute atomic E-state index is 0.100. The molecule has 0 radical (unpaired) electrons. The molecule has 29 heavy (non-hydrogen) atoms. The molecule has 2 aromatic carbocycles. The van der Waals surface area contributed by atoms with Crippen molar-refractivity contribution < 1.29 is 18.7 Å². The monoisotopic (exact) mass is 432 g/mol. The minimum atomic E-state index is -0.310. The summed E-state index contributed by atoms with van der Waals surface area (Å²) in [7, 11) is 0. The fraction of sp³-hybridized carbons (Fsp3) is 0.238. The van der Waals surface area contributed by atoms with Gasteiger partial charge in [0, 0.05) is 29.6 Å². The van der Waals surface area contributed by atoms with Gasteiger partial charge >= 0.3 is 0 Å². The van der Waals surface area contributed by atoms with Crippen LogP contribution in [0.25, 0.3) is 10.6 Å². The van der Waals surface area contributed by atoms with Crippen LogP contribution in [-0.2, 0) is 11.3 Å². The molecule has 3 aromatic rings. The number of carbonyl (C=O) groups excluding carboxylic acids is 1. The summed E-state index contributed by atoms with van der Waals surface area (Å²) in [6.07, 6.45) is 0. The summed E-state index contributed by atoms with van der Waals surface area (Å²) >= 11 is 7.78. The van der Waals surface area contributed by atoms with Gasteiger partial charge < -0.3 is 14.4 Å². The highest BCUT2D eigenvalue weighted by Crippen LogP contribution is 2.33. The highest BCUT2D eigenvalue weighted by molar-refractivity contribution is 7.13. The molecule has 0 atom stereocenters. The van der Waals surface area contributed by atoms with E-state index in [1.165, 1.54) is 17.4 Å². The van der Waals surface area contributed by atoms with E-state index in [0.717, 1.165) is 5.56 Å². The summed E-state index contributed by atoms with van der Waals surface area (Å²) in [5.74, 6) is 0.121. The van der Waals surface area contributed by atoms with Gasteiger partial charge in [0.05, 0.1) is 18.2 Å². The normalized spacial score (nSPS) is 14.1. The highest BCUT2D eigenvalue weighted by atomic mass is 35.5. The van der Waals surface area contributed by atoms with E-state index >= 15 is 0 Å². The Bertz CT molecular complexity index is 1020. The van der Waals surface area contributed by atoms with Crippen LogP contribution in [0.4, 0.5) is 4.39 Å². The summed E-state index contributed by atoms with van der Waals surface area (Å²) in [6.45, 7) is 2.34. The molecule has 1 saturated heterocycles. The van der Waals surface area contributed by atoms with Crippen molar-refractivity contribution in [3.05, 3.63) is 69.9 Å². The van der Waals surface area contributed by atoms with Crippen LogP contribution in [0.1, 0.15) is 16.1 Å². The summed E-state index contributed by atoms with van der Waals surface area (Å²) < 4.78 is 24.6. The molecule has 8 heteroatoms. The largest absolute Gasteiger partial charge is 0.489 e. The molecule has 150 valence electrons. The number of halogens is 2. The molecule has 0 saturated carbocycles. The van der Waals surface area contributed by atoms with Gasteiger partial charge in [-0.25, -0.2) is 9.37 Å². The van der Waals surface area contributed by atoms with Gasteiger partial charge in [-0.3, -0.25) is 4.79 Å². The lowest BCUT2D eigenvalue weighted by atomic mass is 10.2. The van der Waals surface area contributed by atoms with Gasteiger partial charge in [0.2, 0.25) is 0 Å². The van der Waals surface area contributed by atoms with Crippen LogP contribution in [0, 0.1) is 5.82 Å². The topological polar surface area (TPSA) is 51.7 Å². The third-order valence-corrected chi connectivity index (χ3v) is 5.73. The van der Waals surface area contributed by atoms with E-state index in [-0.39, 0.29) is 18.3 Å². The summed E-state index contributed by atoms with van der Waals surface area (Å²) in [4.78, 5) is 18.8. The van der Waals surface area contributed by atoms with E-state index in [0.29, 0.717) is 53.3 Å². The maximum absolute atomic E-state index is 13.7. The second-order valence-corrected chi connectivity index (χ2v) is 7.73. The van der Waals surface area contributed by atoms with Crippen molar-refractivity contribution in [1.29, 1.82) is 0 Å². The Morgan fingerprint density at radius 1 is 1.24 bits per heavy atom. The SMILES string of the molecule is O=C(c1csc(-c2ccc(OCc3ccccc3F)cc2Cl)n1)N1CCOCC1. The van der Waals surface area contributed by atoms with Gasteiger partial charge in [0.25, 0.3) is 5.91 Å². The third-order valence-electron chi connectivity index (χ3n) is 4.54. The van der Waals surface area contributed by atoms with Gasteiger partial charge in [0.15, 0.2) is 0 Å². The zero-order chi connectivity index (χ0) is 20.2. The molecular weight excluding hydrogens is 415 g/mol. The zero-order valence-corrected chi connectivity index (χ0v) is 17.0. The first-order valence-electron chi connectivity index (χ1n) is 9.10. The number of nitrogens with zero attached hydrogens (tertiary/aromatic N) is 2. The molecule has 1 amide bonds. The molecular formula is C21H18ClFN2O3S. The van der Waals surface area contributed by atoms with Crippen molar-refractivity contribution in [1.82, 2.24) is 9.88 Å². The molecule has 1 aliphatic rings. The number of rotatable bonds is 5. The van der Waals surface area contributed by atoms with Gasteiger partial charge in [-0.15, -0.1) is 11.3 Å². The third kappa shape index (κ3) is 4.58. The van der Waals surface area contributed by atoms with Gasteiger partial charge in [0.1, 0.15) is 28.9 Å². The molecule has 0 N–H and O–H groups in total. The van der Waals surface area contributed by atoms with Gasteiger partial charge in [-0.2, -0.15) is 0 Å². The summed E-state index contributed by atoms with van der Waals surface area (Å²) in [5, 5.41) is 2.86. The Morgan fingerprint density at radius 2 is 2.03 bits per heavy atom. The highest BCUT2D eigenvalue weighted by Gasteiger charge is 2.21. The van der Waals surface area contributed by atoms with Crippen LogP contribution < -0.4 is 4.74 Å². The van der Waals surface area contributed by atoms with Crippen molar-refractivity contribution in [2.24, 2.45) is 0 Å². The first-order chi connectivity index (χ1) is 14.1. The number of benzene rings is 2. The molecule has 0 spiro atoms. The average Bonchev–Trinajstić information content (AvgIpc) is 3.23. The standard InChI is InChI=1S/C21H18ClFN2O3S/c22-17-11-15(28-12-14-3-1-2-4-18(14)23)5-6-16(17)20-24-19(13-29-20)21(26)25-7-9-27-10-8-25/h1-6,11,13H,7-10,12H2. The number of amides is 1. The number of morpholine rings is 1. The van der Waals surface area contributed by atoms with Crippen LogP contribution >= 0.6 is 22.9 Å². The molecule has 2 heterocycles. The molecule has 0 aliphatic carbocycles. The maximum atomic E-state index is 13.7. The predicted octanol–water partition coefficient (Wildman–Crippen LogP) is 4.65. The van der Waals surface area contributed by atoms with Crippen LogP contribution in [0.2, 0.25) is 5.02 Å². The van der Waals surface area contributed by atoms with Gasteiger partial charge in [-0.05, 0) is 24.3 Å². The lowest BCUT2D eigenvalue weighted by Crippen LogP contribution is -2.40. The Balaban J connectivity index is 1.46. The number of aromatic nitrogens is 1. The number of carbonyl (C=O) groups is 1. The van der Waals surface area contributed by atoms with Crippen LogP contribution in [-0.4, -0.2) is 42.1 Å². The fourth-order valence-electron chi connectivity index (χ4n) is 2.96. The van der Waals surface area contributed by atoms with Crippen LogP contribution in [0.3, 0.4) is 0 Å². The van der Waals surface area contributed by atoms with Crippen molar-refractivity contribution in [3.63, 3.8) is 0 Å². The predicted molar refractivity (Wildman–Crippen MR) is 110 cm³/mol. The second kappa shape index (κ2) is 8.90. The van der Waals surface area contributed by atoms with E-state index in [4.69, 9.17) is 21.1 Å². The first kappa shape index (κ1) is 19.8. The number of thiazole rings is 1. The Morgan fingerprint density at radius 3 is 2.79 bits per heavy atom. The molecule has 0 bridgehead atoms. The van der Waals surface area contributed by atoms with E-state index in [1.807, 2.05) is 0 Å². The number of hydrogen-bond acceptors (Lipinski definition) is 5. The van der Waals surface area contributed by atoms with E-state index in [9.17, 15) is 9.18 Å². The smallest absolute Gasteiger partial charge is 0.273 e. The van der Waals surface area contributed by atoms with E-state index in [2.05, 4.69) is 4.98 Å². The average molecular weight is 433 g/mol. The molecule has 4 rings (SSSR count). The van der Waals surface area contributed by atoms with Crippen LogP contribution in [0.5, 0.6) is 5.75 Å². The van der Waals surface area contributed by atoms with Crippen LogP contribution in [0.15, 0.2) is 47.8 Å². The van der Waals surface area contributed by atoms with Gasteiger partial charge in [-0.1, -0.05) is 29.8 Å². The zero-order valence-electron chi connectivity index (χ0n) is 15.4. The Labute approximate surface area is 176 Å². The maximum Gasteiger partial charge on any atom is 0.273 e. The lowest BCUT2D eigenvalue weighted by Gasteiger charge is -2.25. The number of hydrogen-bond donors (Lipinski definition) is 0. The molecule has 0 unspecified atom stereocenters. The Hall–Kier alpha value is -2.48. The van der Waals surface area contributed by atoms with E-state index < -0.39 is 0 Å². The Kier molecular flexibility index (Phi) is 6.08. The summed E-state index contributed by atoms with van der Waals surface area (Å²) in [6, 6.07) is 11.7. The molecule has 1 aromatic heterocycles. The van der Waals surface area contributed by atoms with Crippen molar-refractivity contribution in [2.45, 2.75) is 6.61 Å². The summed E-state index contributed by atoms with van der Waals surface area (Å²) in [5.41, 5.74) is 1.60. The minimum Gasteiger partial charge on any atom is -0.489 e. The molecule has 5 nitrogen and oxygen atoms in total. The second-order valence-electron chi connectivity index (χ2n) is 6.46.